The summed E-state index contributed by atoms with van der Waals surface area (Å²) in [5.41, 5.74) is 5.02. The molecule has 78 valence electrons. The smallest absolute Gasteiger partial charge is 0.217 e. The zero-order valence-electron chi connectivity index (χ0n) is 8.38. The van der Waals surface area contributed by atoms with E-state index in [2.05, 4.69) is 24.4 Å². The van der Waals surface area contributed by atoms with Crippen LogP contribution in [0.4, 0.5) is 0 Å². The van der Waals surface area contributed by atoms with Crippen molar-refractivity contribution in [2.75, 3.05) is 6.54 Å². The first-order valence-electron chi connectivity index (χ1n) is 4.73. The molecule has 0 saturated carbocycles. The van der Waals surface area contributed by atoms with E-state index in [1.165, 1.54) is 9.75 Å². The van der Waals surface area contributed by atoms with Gasteiger partial charge in [0.25, 0.3) is 0 Å². The second-order valence-corrected chi connectivity index (χ2v) is 4.63. The maximum atomic E-state index is 10.4. The van der Waals surface area contributed by atoms with Crippen LogP contribution in [0.2, 0.25) is 0 Å². The fourth-order valence-corrected chi connectivity index (χ4v) is 2.04. The van der Waals surface area contributed by atoms with E-state index in [4.69, 9.17) is 5.73 Å². The molecule has 0 aliphatic rings. The molecule has 3 N–H and O–H groups in total. The fourth-order valence-electron chi connectivity index (χ4n) is 1.18. The van der Waals surface area contributed by atoms with Gasteiger partial charge in [-0.15, -0.1) is 11.3 Å². The number of hydrogen-bond acceptors (Lipinski definition) is 3. The predicted octanol–water partition coefficient (Wildman–Crippen LogP) is 1.41. The maximum absolute atomic E-state index is 10.4. The van der Waals surface area contributed by atoms with E-state index in [0.717, 1.165) is 19.5 Å². The highest BCUT2D eigenvalue weighted by atomic mass is 32.1. The van der Waals surface area contributed by atoms with E-state index in [0.29, 0.717) is 6.42 Å². The third-order valence-corrected chi connectivity index (χ3v) is 2.87. The standard InChI is InChI=1S/C10H16N2OS/c1-8-4-5-9(14-8)7-12-6-2-3-10(11)13/h4-5,12H,2-3,6-7H2,1H3,(H2,11,13). The van der Waals surface area contributed by atoms with Crippen LogP contribution in [0, 0.1) is 6.92 Å². The van der Waals surface area contributed by atoms with Crippen molar-refractivity contribution in [3.8, 4) is 0 Å². The summed E-state index contributed by atoms with van der Waals surface area (Å²) < 4.78 is 0. The molecule has 3 nitrogen and oxygen atoms in total. The Labute approximate surface area is 88.3 Å². The summed E-state index contributed by atoms with van der Waals surface area (Å²) in [7, 11) is 0. The predicted molar refractivity (Wildman–Crippen MR) is 59.2 cm³/mol. The lowest BCUT2D eigenvalue weighted by atomic mass is 10.3. The quantitative estimate of drug-likeness (QED) is 0.701. The van der Waals surface area contributed by atoms with Crippen LogP contribution >= 0.6 is 11.3 Å². The summed E-state index contributed by atoms with van der Waals surface area (Å²) >= 11 is 1.80. The molecule has 14 heavy (non-hydrogen) atoms. The van der Waals surface area contributed by atoms with Gasteiger partial charge in [0.1, 0.15) is 0 Å². The maximum Gasteiger partial charge on any atom is 0.217 e. The van der Waals surface area contributed by atoms with Crippen molar-refractivity contribution in [2.24, 2.45) is 5.73 Å². The molecule has 1 aromatic heterocycles. The summed E-state index contributed by atoms with van der Waals surface area (Å²) in [6, 6.07) is 4.24. The van der Waals surface area contributed by atoms with Gasteiger partial charge in [0.15, 0.2) is 0 Å². The van der Waals surface area contributed by atoms with E-state index < -0.39 is 0 Å². The van der Waals surface area contributed by atoms with E-state index in [1.54, 1.807) is 11.3 Å². The van der Waals surface area contributed by atoms with Crippen molar-refractivity contribution >= 4 is 17.2 Å². The minimum atomic E-state index is -0.223. The monoisotopic (exact) mass is 212 g/mol. The number of aryl methyl sites for hydroxylation is 1. The normalized spacial score (nSPS) is 10.4. The number of carbonyl (C=O) groups is 1. The van der Waals surface area contributed by atoms with Crippen LogP contribution in [-0.2, 0) is 11.3 Å². The van der Waals surface area contributed by atoms with E-state index in [-0.39, 0.29) is 5.91 Å². The topological polar surface area (TPSA) is 55.1 Å². The van der Waals surface area contributed by atoms with Crippen LogP contribution in [-0.4, -0.2) is 12.5 Å². The third-order valence-electron chi connectivity index (χ3n) is 1.87. The SMILES string of the molecule is Cc1ccc(CNCCCC(N)=O)s1. The first kappa shape index (κ1) is 11.2. The average molecular weight is 212 g/mol. The van der Waals surface area contributed by atoms with Crippen LogP contribution < -0.4 is 11.1 Å². The molecule has 0 fully saturated rings. The Morgan fingerprint density at radius 2 is 2.36 bits per heavy atom. The van der Waals surface area contributed by atoms with Crippen LogP contribution in [0.3, 0.4) is 0 Å². The number of rotatable bonds is 6. The van der Waals surface area contributed by atoms with Crippen molar-refractivity contribution in [2.45, 2.75) is 26.3 Å². The largest absolute Gasteiger partial charge is 0.370 e. The molecule has 0 bridgehead atoms. The number of carbonyl (C=O) groups excluding carboxylic acids is 1. The van der Waals surface area contributed by atoms with Gasteiger partial charge >= 0.3 is 0 Å². The molecular formula is C10H16N2OS. The summed E-state index contributed by atoms with van der Waals surface area (Å²) in [6.07, 6.45) is 1.29. The molecule has 4 heteroatoms. The molecule has 0 unspecified atom stereocenters. The Balaban J connectivity index is 2.07. The highest BCUT2D eigenvalue weighted by Gasteiger charge is 1.96. The van der Waals surface area contributed by atoms with Crippen molar-refractivity contribution < 1.29 is 4.79 Å². The van der Waals surface area contributed by atoms with Gasteiger partial charge in [-0.3, -0.25) is 4.79 Å². The minimum Gasteiger partial charge on any atom is -0.370 e. The summed E-state index contributed by atoms with van der Waals surface area (Å²) in [6.45, 7) is 3.83. The zero-order valence-corrected chi connectivity index (χ0v) is 9.19. The van der Waals surface area contributed by atoms with Gasteiger partial charge in [-0.2, -0.15) is 0 Å². The van der Waals surface area contributed by atoms with E-state index >= 15 is 0 Å². The Hall–Kier alpha value is -0.870. The molecule has 1 rings (SSSR count). The molecular weight excluding hydrogens is 196 g/mol. The van der Waals surface area contributed by atoms with Gasteiger partial charge in [-0.25, -0.2) is 0 Å². The number of primary amides is 1. The lowest BCUT2D eigenvalue weighted by Gasteiger charge is -2.00. The van der Waals surface area contributed by atoms with Gasteiger partial charge in [-0.1, -0.05) is 0 Å². The minimum absolute atomic E-state index is 0.223. The van der Waals surface area contributed by atoms with E-state index in [1.807, 2.05) is 0 Å². The van der Waals surface area contributed by atoms with Gasteiger partial charge < -0.3 is 11.1 Å². The third kappa shape index (κ3) is 4.39. The number of hydrogen-bond donors (Lipinski definition) is 2. The molecule has 0 aliphatic carbocycles. The van der Waals surface area contributed by atoms with Crippen molar-refractivity contribution in [3.63, 3.8) is 0 Å². The molecule has 0 atom stereocenters. The second-order valence-electron chi connectivity index (χ2n) is 3.26. The van der Waals surface area contributed by atoms with Gasteiger partial charge in [0, 0.05) is 22.7 Å². The Morgan fingerprint density at radius 3 is 2.93 bits per heavy atom. The first-order valence-corrected chi connectivity index (χ1v) is 5.54. The highest BCUT2D eigenvalue weighted by Crippen LogP contribution is 2.14. The van der Waals surface area contributed by atoms with Crippen LogP contribution in [0.15, 0.2) is 12.1 Å². The Morgan fingerprint density at radius 1 is 1.57 bits per heavy atom. The number of amides is 1. The Kier molecular flexibility index (Phi) is 4.62. The second kappa shape index (κ2) is 5.78. The van der Waals surface area contributed by atoms with E-state index in [9.17, 15) is 4.79 Å². The first-order chi connectivity index (χ1) is 6.68. The molecule has 0 aromatic carbocycles. The summed E-state index contributed by atoms with van der Waals surface area (Å²) in [4.78, 5) is 13.1. The molecule has 1 amide bonds. The van der Waals surface area contributed by atoms with Crippen molar-refractivity contribution in [3.05, 3.63) is 21.9 Å². The molecule has 1 heterocycles. The fraction of sp³-hybridized carbons (Fsp3) is 0.500. The lowest BCUT2D eigenvalue weighted by Crippen LogP contribution is -2.17. The molecule has 0 spiro atoms. The highest BCUT2D eigenvalue weighted by molar-refractivity contribution is 7.11. The van der Waals surface area contributed by atoms with Crippen LogP contribution in [0.5, 0.6) is 0 Å². The average Bonchev–Trinajstić information content (AvgIpc) is 2.50. The van der Waals surface area contributed by atoms with Crippen LogP contribution in [0.25, 0.3) is 0 Å². The van der Waals surface area contributed by atoms with Crippen molar-refractivity contribution in [1.82, 2.24) is 5.32 Å². The summed E-state index contributed by atoms with van der Waals surface area (Å²) in [5.74, 6) is -0.223. The Bertz CT molecular complexity index is 296. The van der Waals surface area contributed by atoms with Crippen LogP contribution in [0.1, 0.15) is 22.6 Å². The summed E-state index contributed by atoms with van der Waals surface area (Å²) in [5, 5.41) is 3.27. The molecule has 0 radical (unpaired) electrons. The number of thiophene rings is 1. The molecule has 0 saturated heterocycles. The van der Waals surface area contributed by atoms with Gasteiger partial charge in [0.2, 0.25) is 5.91 Å². The molecule has 1 aromatic rings. The van der Waals surface area contributed by atoms with Gasteiger partial charge in [-0.05, 0) is 32.0 Å². The number of nitrogens with two attached hydrogens (primary N) is 1. The zero-order chi connectivity index (χ0) is 10.4. The molecule has 0 aliphatic heterocycles. The number of nitrogens with one attached hydrogen (secondary N) is 1. The van der Waals surface area contributed by atoms with Crippen molar-refractivity contribution in [1.29, 1.82) is 0 Å². The lowest BCUT2D eigenvalue weighted by molar-refractivity contribution is -0.118. The van der Waals surface area contributed by atoms with Gasteiger partial charge in [0.05, 0.1) is 0 Å².